The van der Waals surface area contributed by atoms with Crippen molar-refractivity contribution in [1.29, 1.82) is 0 Å². The van der Waals surface area contributed by atoms with Crippen LogP contribution in [0.3, 0.4) is 0 Å². The number of nitrogens with zero attached hydrogens (tertiary/aromatic N) is 1. The highest BCUT2D eigenvalue weighted by atomic mass is 16.2. The molecule has 1 unspecified atom stereocenters. The van der Waals surface area contributed by atoms with E-state index in [1.54, 1.807) is 11.8 Å². The first-order valence-electron chi connectivity index (χ1n) is 7.07. The highest BCUT2D eigenvalue weighted by Crippen LogP contribution is 2.21. The van der Waals surface area contributed by atoms with Gasteiger partial charge in [0.2, 0.25) is 5.56 Å². The molecule has 1 N–H and O–H groups in total. The predicted molar refractivity (Wildman–Crippen MR) is 75.7 cm³/mol. The minimum atomic E-state index is -0.224. The zero-order chi connectivity index (χ0) is 14.5. The largest absolute Gasteiger partial charge is 0.335 e. The molecule has 1 amide bonds. The molecule has 1 aliphatic heterocycles. The summed E-state index contributed by atoms with van der Waals surface area (Å²) < 4.78 is 0. The Labute approximate surface area is 118 Å². The summed E-state index contributed by atoms with van der Waals surface area (Å²) in [7, 11) is 0. The number of hydrogen-bond donors (Lipinski definition) is 1. The van der Waals surface area contributed by atoms with Crippen LogP contribution in [-0.2, 0) is 4.79 Å². The summed E-state index contributed by atoms with van der Waals surface area (Å²) in [5, 5.41) is 0. The van der Waals surface area contributed by atoms with Crippen molar-refractivity contribution in [2.24, 2.45) is 0 Å². The van der Waals surface area contributed by atoms with Gasteiger partial charge < -0.3 is 9.88 Å². The van der Waals surface area contributed by atoms with Crippen LogP contribution >= 0.6 is 0 Å². The first-order chi connectivity index (χ1) is 9.58. The van der Waals surface area contributed by atoms with Crippen molar-refractivity contribution < 1.29 is 9.59 Å². The summed E-state index contributed by atoms with van der Waals surface area (Å²) in [6, 6.07) is 2.87. The summed E-state index contributed by atoms with van der Waals surface area (Å²) in [6.07, 6.45) is 5.82. The number of H-pyrrole nitrogens is 1. The van der Waals surface area contributed by atoms with Gasteiger partial charge in [0, 0.05) is 31.3 Å². The van der Waals surface area contributed by atoms with Crippen molar-refractivity contribution in [1.82, 2.24) is 9.88 Å². The van der Waals surface area contributed by atoms with Gasteiger partial charge in [0.05, 0.1) is 5.56 Å². The molecule has 2 heterocycles. The Hall–Kier alpha value is -1.91. The molecule has 0 bridgehead atoms. The van der Waals surface area contributed by atoms with Crippen LogP contribution in [0.25, 0.3) is 0 Å². The topological polar surface area (TPSA) is 70.2 Å². The first-order valence-corrected chi connectivity index (χ1v) is 7.07. The van der Waals surface area contributed by atoms with Crippen LogP contribution in [0, 0.1) is 0 Å². The molecule has 0 spiro atoms. The molecule has 2 rings (SSSR count). The number of aromatic amines is 1. The maximum Gasteiger partial charge on any atom is 0.255 e. The third kappa shape index (κ3) is 3.56. The maximum absolute atomic E-state index is 12.5. The molecule has 20 heavy (non-hydrogen) atoms. The van der Waals surface area contributed by atoms with Crippen molar-refractivity contribution in [3.05, 3.63) is 34.2 Å². The Morgan fingerprint density at radius 1 is 1.30 bits per heavy atom. The molecule has 1 saturated heterocycles. The van der Waals surface area contributed by atoms with E-state index in [-0.39, 0.29) is 23.3 Å². The SMILES string of the molecule is CC(=O)CC1CCCCCN1C(=O)c1ccc(=O)[nH]c1. The second-order valence-electron chi connectivity index (χ2n) is 5.35. The number of pyridine rings is 1. The van der Waals surface area contributed by atoms with Gasteiger partial charge >= 0.3 is 0 Å². The molecule has 0 aliphatic carbocycles. The minimum Gasteiger partial charge on any atom is -0.335 e. The fourth-order valence-corrected chi connectivity index (χ4v) is 2.70. The average Bonchev–Trinajstić information content (AvgIpc) is 2.63. The molecule has 5 heteroatoms. The highest BCUT2D eigenvalue weighted by molar-refractivity contribution is 5.94. The number of carbonyl (C=O) groups excluding carboxylic acids is 2. The number of Topliss-reactive ketones (excluding diaryl/α,β-unsaturated/α-hetero) is 1. The monoisotopic (exact) mass is 276 g/mol. The molecule has 108 valence electrons. The summed E-state index contributed by atoms with van der Waals surface area (Å²) in [4.78, 5) is 39.3. The van der Waals surface area contributed by atoms with Crippen LogP contribution in [-0.4, -0.2) is 34.2 Å². The Morgan fingerprint density at radius 2 is 2.10 bits per heavy atom. The smallest absolute Gasteiger partial charge is 0.255 e. The lowest BCUT2D eigenvalue weighted by atomic mass is 10.0. The second-order valence-corrected chi connectivity index (χ2v) is 5.35. The first kappa shape index (κ1) is 14.5. The van der Waals surface area contributed by atoms with Crippen molar-refractivity contribution >= 4 is 11.7 Å². The lowest BCUT2D eigenvalue weighted by Gasteiger charge is -2.29. The number of amides is 1. The van der Waals surface area contributed by atoms with E-state index in [0.717, 1.165) is 25.7 Å². The van der Waals surface area contributed by atoms with E-state index in [1.165, 1.54) is 18.3 Å². The van der Waals surface area contributed by atoms with E-state index >= 15 is 0 Å². The third-order valence-corrected chi connectivity index (χ3v) is 3.69. The number of nitrogens with one attached hydrogen (secondary N) is 1. The van der Waals surface area contributed by atoms with Gasteiger partial charge in [0.25, 0.3) is 5.91 Å². The summed E-state index contributed by atoms with van der Waals surface area (Å²) in [5.74, 6) is 0.00516. The normalized spacial score (nSPS) is 19.4. The molecule has 1 atom stereocenters. The van der Waals surface area contributed by atoms with Crippen molar-refractivity contribution in [2.75, 3.05) is 6.54 Å². The van der Waals surface area contributed by atoms with Crippen molar-refractivity contribution in [2.45, 2.75) is 45.1 Å². The van der Waals surface area contributed by atoms with E-state index in [1.807, 2.05) is 0 Å². The fourth-order valence-electron chi connectivity index (χ4n) is 2.70. The highest BCUT2D eigenvalue weighted by Gasteiger charge is 2.27. The van der Waals surface area contributed by atoms with Gasteiger partial charge in [-0.1, -0.05) is 12.8 Å². The molecular weight excluding hydrogens is 256 g/mol. The number of likely N-dealkylation sites (tertiary alicyclic amines) is 1. The van der Waals surface area contributed by atoms with Gasteiger partial charge in [-0.05, 0) is 25.8 Å². The van der Waals surface area contributed by atoms with Crippen LogP contribution < -0.4 is 5.56 Å². The van der Waals surface area contributed by atoms with E-state index in [0.29, 0.717) is 18.5 Å². The number of ketones is 1. The number of hydrogen-bond acceptors (Lipinski definition) is 3. The summed E-state index contributed by atoms with van der Waals surface area (Å²) >= 11 is 0. The molecule has 0 aromatic carbocycles. The van der Waals surface area contributed by atoms with Gasteiger partial charge in [0.15, 0.2) is 0 Å². The third-order valence-electron chi connectivity index (χ3n) is 3.69. The Morgan fingerprint density at radius 3 is 2.75 bits per heavy atom. The van der Waals surface area contributed by atoms with Crippen LogP contribution in [0.2, 0.25) is 0 Å². The van der Waals surface area contributed by atoms with Gasteiger partial charge in [-0.3, -0.25) is 14.4 Å². The van der Waals surface area contributed by atoms with Crippen LogP contribution in [0.1, 0.15) is 49.4 Å². The second kappa shape index (κ2) is 6.50. The minimum absolute atomic E-state index is 0.0190. The Bertz CT molecular complexity index is 530. The number of rotatable bonds is 3. The molecule has 1 aliphatic rings. The Balaban J connectivity index is 2.20. The van der Waals surface area contributed by atoms with E-state index in [2.05, 4.69) is 4.98 Å². The summed E-state index contributed by atoms with van der Waals surface area (Å²) in [6.45, 7) is 2.24. The maximum atomic E-state index is 12.5. The molecule has 1 aromatic heterocycles. The van der Waals surface area contributed by atoms with E-state index in [9.17, 15) is 14.4 Å². The van der Waals surface area contributed by atoms with Gasteiger partial charge in [-0.25, -0.2) is 0 Å². The van der Waals surface area contributed by atoms with Crippen LogP contribution in [0.5, 0.6) is 0 Å². The molecule has 1 aromatic rings. The average molecular weight is 276 g/mol. The number of aromatic nitrogens is 1. The van der Waals surface area contributed by atoms with Gasteiger partial charge in [-0.2, -0.15) is 0 Å². The summed E-state index contributed by atoms with van der Waals surface area (Å²) in [5.41, 5.74) is 0.248. The molecular formula is C15H20N2O3. The van der Waals surface area contributed by atoms with Crippen molar-refractivity contribution in [3.8, 4) is 0 Å². The van der Waals surface area contributed by atoms with Gasteiger partial charge in [-0.15, -0.1) is 0 Å². The lowest BCUT2D eigenvalue weighted by Crippen LogP contribution is -2.41. The van der Waals surface area contributed by atoms with Gasteiger partial charge in [0.1, 0.15) is 5.78 Å². The standard InChI is InChI=1S/C15H20N2O3/c1-11(18)9-13-5-3-2-4-8-17(13)15(20)12-6-7-14(19)16-10-12/h6-7,10,13H,2-5,8-9H2,1H3,(H,16,19). The number of carbonyl (C=O) groups is 2. The molecule has 5 nitrogen and oxygen atoms in total. The van der Waals surface area contributed by atoms with Crippen LogP contribution in [0.4, 0.5) is 0 Å². The fraction of sp³-hybridized carbons (Fsp3) is 0.533. The molecule has 0 saturated carbocycles. The zero-order valence-corrected chi connectivity index (χ0v) is 11.7. The Kier molecular flexibility index (Phi) is 4.71. The molecule has 0 radical (unpaired) electrons. The quantitative estimate of drug-likeness (QED) is 0.914. The lowest BCUT2D eigenvalue weighted by molar-refractivity contribution is -0.118. The van der Waals surface area contributed by atoms with E-state index in [4.69, 9.17) is 0 Å². The van der Waals surface area contributed by atoms with E-state index < -0.39 is 0 Å². The van der Waals surface area contributed by atoms with Crippen molar-refractivity contribution in [3.63, 3.8) is 0 Å². The predicted octanol–water partition coefficient (Wildman–Crippen LogP) is 1.74. The molecule has 1 fully saturated rings. The van der Waals surface area contributed by atoms with Crippen LogP contribution in [0.15, 0.2) is 23.1 Å². The zero-order valence-electron chi connectivity index (χ0n) is 11.7.